The van der Waals surface area contributed by atoms with E-state index in [1.165, 1.54) is 12.0 Å². The molecule has 162 valence electrons. The number of piperazine rings is 1. The average Bonchev–Trinajstić information content (AvgIpc) is 3.11. The predicted molar refractivity (Wildman–Crippen MR) is 114 cm³/mol. The summed E-state index contributed by atoms with van der Waals surface area (Å²) in [4.78, 5) is 16.1. The Bertz CT molecular complexity index is 703. The molecule has 0 unspecified atom stereocenters. The zero-order valence-electron chi connectivity index (χ0n) is 18.9. The number of amides is 1. The van der Waals surface area contributed by atoms with Crippen molar-refractivity contribution in [3.05, 3.63) is 23.4 Å². The fourth-order valence-corrected chi connectivity index (χ4v) is 4.93. The van der Waals surface area contributed by atoms with Crippen LogP contribution in [0.25, 0.3) is 0 Å². The summed E-state index contributed by atoms with van der Waals surface area (Å²) >= 11 is 0. The van der Waals surface area contributed by atoms with E-state index >= 15 is 0 Å². The first-order valence-corrected chi connectivity index (χ1v) is 11.3. The molecule has 1 amide bonds. The standard InChI is InChI=1S/C23H38N4O2/c1-6-7-22-24-25-23(29-22)14-19-13-21(16(2)3)20(12-17(19)4)15-26-8-10-27(11-9-26)18(5)28/h12,16,19-21H,6-11,13-15H2,1-5H3/t19-,20+,21+/m1/s1. The number of hydrogen-bond acceptors (Lipinski definition) is 5. The molecule has 0 radical (unpaired) electrons. The highest BCUT2D eigenvalue weighted by Gasteiger charge is 2.34. The van der Waals surface area contributed by atoms with Crippen molar-refractivity contribution in [3.63, 3.8) is 0 Å². The molecule has 3 rings (SSSR count). The van der Waals surface area contributed by atoms with E-state index in [0.29, 0.717) is 23.7 Å². The zero-order valence-corrected chi connectivity index (χ0v) is 18.9. The van der Waals surface area contributed by atoms with Crippen LogP contribution in [0.2, 0.25) is 0 Å². The van der Waals surface area contributed by atoms with E-state index in [9.17, 15) is 4.79 Å². The van der Waals surface area contributed by atoms with Crippen molar-refractivity contribution in [1.82, 2.24) is 20.0 Å². The molecule has 6 heteroatoms. The lowest BCUT2D eigenvalue weighted by atomic mass is 9.69. The van der Waals surface area contributed by atoms with Gasteiger partial charge in [0.2, 0.25) is 17.7 Å². The lowest BCUT2D eigenvalue weighted by molar-refractivity contribution is -0.130. The van der Waals surface area contributed by atoms with Gasteiger partial charge in [0.1, 0.15) is 0 Å². The average molecular weight is 403 g/mol. The summed E-state index contributed by atoms with van der Waals surface area (Å²) in [6, 6.07) is 0. The number of hydrogen-bond donors (Lipinski definition) is 0. The number of nitrogens with zero attached hydrogens (tertiary/aromatic N) is 4. The minimum atomic E-state index is 0.198. The lowest BCUT2D eigenvalue weighted by Gasteiger charge is -2.41. The summed E-state index contributed by atoms with van der Waals surface area (Å²) in [6.07, 6.45) is 6.44. The highest BCUT2D eigenvalue weighted by molar-refractivity contribution is 5.73. The molecule has 1 aliphatic heterocycles. The van der Waals surface area contributed by atoms with Crippen LogP contribution in [0.5, 0.6) is 0 Å². The van der Waals surface area contributed by atoms with E-state index in [0.717, 1.165) is 63.8 Å². The molecular formula is C23H38N4O2. The molecule has 3 atom stereocenters. The van der Waals surface area contributed by atoms with Crippen LogP contribution < -0.4 is 0 Å². The number of rotatable bonds is 7. The number of carbonyl (C=O) groups is 1. The Hall–Kier alpha value is -1.69. The highest BCUT2D eigenvalue weighted by Crippen LogP contribution is 2.39. The van der Waals surface area contributed by atoms with Gasteiger partial charge in [0.15, 0.2) is 0 Å². The third-order valence-electron chi connectivity index (χ3n) is 6.76. The van der Waals surface area contributed by atoms with Gasteiger partial charge in [-0.05, 0) is 43.4 Å². The van der Waals surface area contributed by atoms with Gasteiger partial charge in [0, 0.05) is 52.5 Å². The van der Waals surface area contributed by atoms with Crippen LogP contribution in [0.1, 0.15) is 59.2 Å². The second-order valence-electron chi connectivity index (χ2n) is 9.27. The third-order valence-corrected chi connectivity index (χ3v) is 6.76. The normalized spacial score (nSPS) is 26.1. The molecule has 1 fully saturated rings. The van der Waals surface area contributed by atoms with E-state index in [1.807, 2.05) is 4.90 Å². The van der Waals surface area contributed by atoms with E-state index in [-0.39, 0.29) is 5.91 Å². The largest absolute Gasteiger partial charge is 0.425 e. The molecule has 0 bridgehead atoms. The van der Waals surface area contributed by atoms with Crippen LogP contribution in [0.4, 0.5) is 0 Å². The molecule has 1 saturated heterocycles. The quantitative estimate of drug-likeness (QED) is 0.652. The summed E-state index contributed by atoms with van der Waals surface area (Å²) in [6.45, 7) is 15.6. The van der Waals surface area contributed by atoms with Gasteiger partial charge < -0.3 is 9.32 Å². The molecule has 6 nitrogen and oxygen atoms in total. The van der Waals surface area contributed by atoms with Crippen LogP contribution in [0.3, 0.4) is 0 Å². The van der Waals surface area contributed by atoms with Crippen molar-refractivity contribution < 1.29 is 9.21 Å². The number of carbonyl (C=O) groups excluding carboxylic acids is 1. The van der Waals surface area contributed by atoms with Crippen LogP contribution in [-0.2, 0) is 17.6 Å². The van der Waals surface area contributed by atoms with Crippen LogP contribution in [0.15, 0.2) is 16.1 Å². The van der Waals surface area contributed by atoms with Crippen LogP contribution >= 0.6 is 0 Å². The summed E-state index contributed by atoms with van der Waals surface area (Å²) in [5, 5.41) is 8.47. The molecule has 2 aliphatic rings. The van der Waals surface area contributed by atoms with Gasteiger partial charge in [-0.3, -0.25) is 9.69 Å². The molecule has 29 heavy (non-hydrogen) atoms. The molecule has 2 heterocycles. The molecule has 1 aromatic heterocycles. The topological polar surface area (TPSA) is 62.5 Å². The second kappa shape index (κ2) is 9.88. The van der Waals surface area contributed by atoms with Gasteiger partial charge >= 0.3 is 0 Å². The molecule has 0 spiro atoms. The predicted octanol–water partition coefficient (Wildman–Crippen LogP) is 3.58. The minimum absolute atomic E-state index is 0.198. The fourth-order valence-electron chi connectivity index (χ4n) is 4.93. The monoisotopic (exact) mass is 402 g/mol. The Morgan fingerprint density at radius 3 is 2.52 bits per heavy atom. The van der Waals surface area contributed by atoms with E-state index < -0.39 is 0 Å². The van der Waals surface area contributed by atoms with Gasteiger partial charge in [-0.2, -0.15) is 0 Å². The summed E-state index contributed by atoms with van der Waals surface area (Å²) in [7, 11) is 0. The Morgan fingerprint density at radius 1 is 1.21 bits per heavy atom. The smallest absolute Gasteiger partial charge is 0.219 e. The summed E-state index contributed by atoms with van der Waals surface area (Å²) in [5.74, 6) is 4.12. The van der Waals surface area contributed by atoms with Crippen molar-refractivity contribution in [3.8, 4) is 0 Å². The van der Waals surface area contributed by atoms with E-state index in [4.69, 9.17) is 4.42 Å². The van der Waals surface area contributed by atoms with Crippen molar-refractivity contribution in [1.29, 1.82) is 0 Å². The maximum absolute atomic E-state index is 11.6. The molecule has 0 saturated carbocycles. The third kappa shape index (κ3) is 5.68. The van der Waals surface area contributed by atoms with Crippen LogP contribution in [0, 0.1) is 23.7 Å². The van der Waals surface area contributed by atoms with E-state index in [2.05, 4.69) is 48.9 Å². The summed E-state index contributed by atoms with van der Waals surface area (Å²) in [5.41, 5.74) is 1.46. The van der Waals surface area contributed by atoms with Crippen molar-refractivity contribution in [2.24, 2.45) is 23.7 Å². The first-order valence-electron chi connectivity index (χ1n) is 11.3. The Morgan fingerprint density at radius 2 is 1.90 bits per heavy atom. The molecule has 0 aromatic carbocycles. The van der Waals surface area contributed by atoms with Crippen molar-refractivity contribution in [2.75, 3.05) is 32.7 Å². The minimum Gasteiger partial charge on any atom is -0.425 e. The number of aromatic nitrogens is 2. The fraction of sp³-hybridized carbons (Fsp3) is 0.783. The molecule has 1 aromatic rings. The van der Waals surface area contributed by atoms with Gasteiger partial charge in [-0.25, -0.2) is 0 Å². The van der Waals surface area contributed by atoms with Crippen molar-refractivity contribution >= 4 is 5.91 Å². The second-order valence-corrected chi connectivity index (χ2v) is 9.27. The molecule has 1 aliphatic carbocycles. The van der Waals surface area contributed by atoms with Crippen LogP contribution in [-0.4, -0.2) is 58.6 Å². The maximum atomic E-state index is 11.6. The summed E-state index contributed by atoms with van der Waals surface area (Å²) < 4.78 is 5.86. The molecular weight excluding hydrogens is 364 g/mol. The first kappa shape index (κ1) is 22.0. The van der Waals surface area contributed by atoms with Crippen molar-refractivity contribution in [2.45, 2.75) is 60.3 Å². The maximum Gasteiger partial charge on any atom is 0.219 e. The van der Waals surface area contributed by atoms with Gasteiger partial charge in [-0.1, -0.05) is 32.4 Å². The number of allylic oxidation sites excluding steroid dienone is 1. The Balaban J connectivity index is 1.63. The SMILES string of the molecule is CCCc1nnc(C[C@H]2C[C@@H](C(C)C)[C@H](CN3CCN(C(C)=O)CC3)C=C2C)o1. The Kier molecular flexibility index (Phi) is 7.49. The van der Waals surface area contributed by atoms with E-state index in [1.54, 1.807) is 6.92 Å². The highest BCUT2D eigenvalue weighted by atomic mass is 16.4. The first-order chi connectivity index (χ1) is 13.9. The zero-order chi connectivity index (χ0) is 21.0. The molecule has 0 N–H and O–H groups in total. The van der Waals surface area contributed by atoms with Gasteiger partial charge in [0.25, 0.3) is 0 Å². The van der Waals surface area contributed by atoms with Gasteiger partial charge in [0.05, 0.1) is 0 Å². The lowest BCUT2D eigenvalue weighted by Crippen LogP contribution is -2.50. The Labute approximate surface area is 175 Å². The number of aryl methyl sites for hydroxylation is 1. The van der Waals surface area contributed by atoms with Gasteiger partial charge in [-0.15, -0.1) is 10.2 Å².